The molecule has 1 fully saturated rings. The lowest BCUT2D eigenvalue weighted by Crippen LogP contribution is -2.10. The molecule has 4 rings (SSSR count). The van der Waals surface area contributed by atoms with E-state index in [9.17, 15) is 5.11 Å². The molecule has 1 aliphatic carbocycles. The zero-order valence-electron chi connectivity index (χ0n) is 10.2. The van der Waals surface area contributed by atoms with Gasteiger partial charge in [0.1, 0.15) is 17.0 Å². The van der Waals surface area contributed by atoms with Crippen LogP contribution >= 0.6 is 0 Å². The van der Waals surface area contributed by atoms with Gasteiger partial charge in [-0.05, 0) is 25.0 Å². The Bertz CT molecular complexity index is 740. The summed E-state index contributed by atoms with van der Waals surface area (Å²) in [6.07, 6.45) is 7.11. The molecule has 6 heteroatoms. The van der Waals surface area contributed by atoms with E-state index in [2.05, 4.69) is 20.5 Å². The summed E-state index contributed by atoms with van der Waals surface area (Å²) in [7, 11) is 0. The van der Waals surface area contributed by atoms with Crippen molar-refractivity contribution in [3.05, 3.63) is 30.2 Å². The molecule has 6 nitrogen and oxygen atoms in total. The van der Waals surface area contributed by atoms with Gasteiger partial charge >= 0.3 is 0 Å². The zero-order valence-corrected chi connectivity index (χ0v) is 10.2. The topological polar surface area (TPSA) is 79.1 Å². The minimum absolute atomic E-state index is 0.206. The van der Waals surface area contributed by atoms with Gasteiger partial charge in [0.05, 0.1) is 11.9 Å². The Morgan fingerprint density at radius 2 is 2.21 bits per heavy atom. The summed E-state index contributed by atoms with van der Waals surface area (Å²) in [6, 6.07) is 3.49. The molecule has 1 aliphatic rings. The van der Waals surface area contributed by atoms with Crippen molar-refractivity contribution in [1.29, 1.82) is 0 Å². The van der Waals surface area contributed by atoms with Gasteiger partial charge in [-0.1, -0.05) is 6.42 Å². The summed E-state index contributed by atoms with van der Waals surface area (Å²) in [5.41, 5.74) is 3.34. The average molecular weight is 255 g/mol. The Kier molecular flexibility index (Phi) is 2.11. The predicted octanol–water partition coefficient (Wildman–Crippen LogP) is 2.09. The summed E-state index contributed by atoms with van der Waals surface area (Å²) < 4.78 is 1.66. The third-order valence-corrected chi connectivity index (χ3v) is 3.83. The van der Waals surface area contributed by atoms with Crippen molar-refractivity contribution < 1.29 is 5.11 Å². The lowest BCUT2D eigenvalue weighted by atomic mass is 9.81. The third kappa shape index (κ3) is 1.53. The van der Waals surface area contributed by atoms with Crippen LogP contribution in [-0.4, -0.2) is 30.1 Å². The maximum absolute atomic E-state index is 10.0. The first-order chi connectivity index (χ1) is 9.33. The van der Waals surface area contributed by atoms with Crippen LogP contribution in [0.25, 0.3) is 16.8 Å². The average Bonchev–Trinajstić information content (AvgIpc) is 2.94. The van der Waals surface area contributed by atoms with E-state index in [1.165, 1.54) is 6.42 Å². The summed E-state index contributed by atoms with van der Waals surface area (Å²) in [5, 5.41) is 25.4. The molecule has 0 amide bonds. The molecule has 0 aromatic carbocycles. The van der Waals surface area contributed by atoms with Crippen LogP contribution in [0.15, 0.2) is 24.5 Å². The highest BCUT2D eigenvalue weighted by Crippen LogP contribution is 2.39. The Hall–Kier alpha value is -2.37. The van der Waals surface area contributed by atoms with Crippen molar-refractivity contribution in [2.24, 2.45) is 0 Å². The fourth-order valence-electron chi connectivity index (χ4n) is 2.56. The van der Waals surface area contributed by atoms with Crippen molar-refractivity contribution >= 4 is 5.52 Å². The van der Waals surface area contributed by atoms with Crippen molar-refractivity contribution in [3.8, 4) is 17.0 Å². The van der Waals surface area contributed by atoms with E-state index in [1.54, 1.807) is 22.8 Å². The Balaban J connectivity index is 1.87. The summed E-state index contributed by atoms with van der Waals surface area (Å²) >= 11 is 0. The molecule has 2 N–H and O–H groups in total. The van der Waals surface area contributed by atoms with Crippen molar-refractivity contribution in [2.75, 3.05) is 0 Å². The van der Waals surface area contributed by atoms with Gasteiger partial charge in [0.25, 0.3) is 0 Å². The van der Waals surface area contributed by atoms with E-state index in [1.807, 2.05) is 6.20 Å². The van der Waals surface area contributed by atoms with Crippen LogP contribution in [0.2, 0.25) is 0 Å². The van der Waals surface area contributed by atoms with E-state index in [0.717, 1.165) is 29.8 Å². The molecule has 3 aromatic rings. The second kappa shape index (κ2) is 3.81. The molecule has 3 heterocycles. The number of pyridine rings is 1. The highest BCUT2D eigenvalue weighted by molar-refractivity contribution is 5.69. The van der Waals surface area contributed by atoms with Gasteiger partial charge in [-0.2, -0.15) is 20.5 Å². The van der Waals surface area contributed by atoms with Crippen LogP contribution in [0.5, 0.6) is 5.75 Å². The second-order valence-electron chi connectivity index (χ2n) is 4.96. The van der Waals surface area contributed by atoms with Crippen LogP contribution in [-0.2, 0) is 0 Å². The minimum Gasteiger partial charge on any atom is -0.506 e. The van der Waals surface area contributed by atoms with Crippen molar-refractivity contribution in [2.45, 2.75) is 25.2 Å². The first-order valence-electron chi connectivity index (χ1n) is 6.40. The van der Waals surface area contributed by atoms with Gasteiger partial charge in [0.2, 0.25) is 0 Å². The predicted molar refractivity (Wildman–Crippen MR) is 68.8 cm³/mol. The van der Waals surface area contributed by atoms with Crippen molar-refractivity contribution in [3.63, 3.8) is 0 Å². The largest absolute Gasteiger partial charge is 0.506 e. The second-order valence-corrected chi connectivity index (χ2v) is 4.96. The molecule has 0 saturated heterocycles. The first kappa shape index (κ1) is 10.5. The number of aromatic amines is 1. The molecule has 0 atom stereocenters. The van der Waals surface area contributed by atoms with E-state index < -0.39 is 0 Å². The van der Waals surface area contributed by atoms with Crippen LogP contribution in [0.3, 0.4) is 0 Å². The molecule has 0 aliphatic heterocycles. The van der Waals surface area contributed by atoms with Crippen LogP contribution in [0, 0.1) is 0 Å². The monoisotopic (exact) mass is 255 g/mol. The summed E-state index contributed by atoms with van der Waals surface area (Å²) in [5.74, 6) is 0.696. The number of rotatable bonds is 2. The Labute approximate surface area is 109 Å². The molecule has 1 saturated carbocycles. The van der Waals surface area contributed by atoms with E-state index in [0.29, 0.717) is 11.4 Å². The molecule has 0 bridgehead atoms. The van der Waals surface area contributed by atoms with E-state index in [-0.39, 0.29) is 5.75 Å². The number of fused-ring (bicyclic) bond motifs is 1. The molecular weight excluding hydrogens is 242 g/mol. The number of nitrogens with zero attached hydrogens (tertiary/aromatic N) is 4. The molecule has 3 aromatic heterocycles. The fourth-order valence-corrected chi connectivity index (χ4v) is 2.56. The molecular formula is C13H13N5O. The molecule has 0 unspecified atom stereocenters. The number of hydrogen-bond donors (Lipinski definition) is 2. The Morgan fingerprint density at radius 1 is 1.32 bits per heavy atom. The molecule has 0 spiro atoms. The lowest BCUT2D eigenvalue weighted by Gasteiger charge is -2.23. The number of H-pyrrole nitrogens is 1. The van der Waals surface area contributed by atoms with Crippen LogP contribution in [0.4, 0.5) is 0 Å². The highest BCUT2D eigenvalue weighted by Gasteiger charge is 2.26. The Morgan fingerprint density at radius 3 is 3.00 bits per heavy atom. The smallest absolute Gasteiger partial charge is 0.142 e. The minimum atomic E-state index is 0.206. The molecule has 19 heavy (non-hydrogen) atoms. The zero-order chi connectivity index (χ0) is 12.8. The van der Waals surface area contributed by atoms with Gasteiger partial charge < -0.3 is 5.11 Å². The molecule has 96 valence electrons. The van der Waals surface area contributed by atoms with E-state index >= 15 is 0 Å². The number of aromatic nitrogens is 5. The standard InChI is InChI=1S/C13H13N5O/c19-11-6-9(7-18-10(11)4-5-14-18)13-12(15-17-16-13)8-2-1-3-8/h4-8,19H,1-3H2,(H,15,16,17). The van der Waals surface area contributed by atoms with Crippen molar-refractivity contribution in [1.82, 2.24) is 25.0 Å². The fraction of sp³-hybridized carbons (Fsp3) is 0.308. The quantitative estimate of drug-likeness (QED) is 0.735. The maximum atomic E-state index is 10.0. The van der Waals surface area contributed by atoms with Gasteiger partial charge in [-0.3, -0.25) is 0 Å². The first-order valence-corrected chi connectivity index (χ1v) is 6.40. The maximum Gasteiger partial charge on any atom is 0.142 e. The molecule has 0 radical (unpaired) electrons. The number of aromatic hydroxyl groups is 1. The SMILES string of the molecule is Oc1cc(-c2n[nH]nc2C2CCC2)cn2nccc12. The number of hydrogen-bond acceptors (Lipinski definition) is 4. The summed E-state index contributed by atoms with van der Waals surface area (Å²) in [4.78, 5) is 0. The van der Waals surface area contributed by atoms with Crippen LogP contribution in [0.1, 0.15) is 30.9 Å². The van der Waals surface area contributed by atoms with Gasteiger partial charge in [0.15, 0.2) is 0 Å². The highest BCUT2D eigenvalue weighted by atomic mass is 16.3. The van der Waals surface area contributed by atoms with Crippen LogP contribution < -0.4 is 0 Å². The normalized spacial score (nSPS) is 15.8. The lowest BCUT2D eigenvalue weighted by molar-refractivity contribution is 0.411. The number of nitrogens with one attached hydrogen (secondary N) is 1. The van der Waals surface area contributed by atoms with E-state index in [4.69, 9.17) is 0 Å². The van der Waals surface area contributed by atoms with Gasteiger partial charge in [0, 0.05) is 17.7 Å². The van der Waals surface area contributed by atoms with Gasteiger partial charge in [-0.15, -0.1) is 0 Å². The third-order valence-electron chi connectivity index (χ3n) is 3.83. The van der Waals surface area contributed by atoms with Gasteiger partial charge in [-0.25, -0.2) is 4.52 Å². The summed E-state index contributed by atoms with van der Waals surface area (Å²) in [6.45, 7) is 0.